The van der Waals surface area contributed by atoms with Crippen LogP contribution in [0.15, 0.2) is 78.9 Å². The summed E-state index contributed by atoms with van der Waals surface area (Å²) in [6.07, 6.45) is 1.56. The molecule has 0 saturated carbocycles. The molecule has 0 aliphatic heterocycles. The number of aryl methyl sites for hydroxylation is 2. The van der Waals surface area contributed by atoms with Gasteiger partial charge < -0.3 is 5.32 Å². The van der Waals surface area contributed by atoms with Crippen molar-refractivity contribution in [2.24, 2.45) is 0 Å². The normalized spacial score (nSPS) is 10.4. The van der Waals surface area contributed by atoms with Crippen LogP contribution in [0.25, 0.3) is 0 Å². The van der Waals surface area contributed by atoms with Crippen LogP contribution in [0.2, 0.25) is 0 Å². The van der Waals surface area contributed by atoms with Crippen LogP contribution in [-0.2, 0) is 29.0 Å². The molecule has 148 valence electrons. The lowest BCUT2D eigenvalue weighted by atomic mass is 10.0. The highest BCUT2D eigenvalue weighted by molar-refractivity contribution is 6.44. The zero-order valence-electron chi connectivity index (χ0n) is 16.9. The third-order valence-corrected chi connectivity index (χ3v) is 4.93. The first-order chi connectivity index (χ1) is 14.1. The second-order valence-corrected chi connectivity index (χ2v) is 6.82. The molecule has 0 radical (unpaired) electrons. The van der Waals surface area contributed by atoms with Crippen molar-refractivity contribution < 1.29 is 9.59 Å². The van der Waals surface area contributed by atoms with E-state index in [1.807, 2.05) is 92.7 Å². The van der Waals surface area contributed by atoms with Crippen molar-refractivity contribution >= 4 is 23.2 Å². The standard InChI is InChI=1S/C25H26N2O2/c1-3-20-14-11-15-21(4-2)23(20)26-24(28)25(29)27(22-16-9-6-10-17-22)18-19-12-7-5-8-13-19/h5-17H,3-4,18H2,1-2H3,(H,26,28). The molecule has 0 heterocycles. The van der Waals surface area contributed by atoms with Crippen LogP contribution < -0.4 is 10.2 Å². The number of hydrogen-bond acceptors (Lipinski definition) is 2. The summed E-state index contributed by atoms with van der Waals surface area (Å²) in [4.78, 5) is 27.6. The molecule has 1 N–H and O–H groups in total. The van der Waals surface area contributed by atoms with E-state index in [-0.39, 0.29) is 0 Å². The number of carbonyl (C=O) groups is 2. The van der Waals surface area contributed by atoms with E-state index in [1.54, 1.807) is 0 Å². The van der Waals surface area contributed by atoms with Gasteiger partial charge in [-0.15, -0.1) is 0 Å². The van der Waals surface area contributed by atoms with Gasteiger partial charge in [0, 0.05) is 11.4 Å². The first-order valence-electron chi connectivity index (χ1n) is 9.96. The molecular weight excluding hydrogens is 360 g/mol. The van der Waals surface area contributed by atoms with Gasteiger partial charge in [-0.25, -0.2) is 0 Å². The van der Waals surface area contributed by atoms with Crippen molar-refractivity contribution in [3.05, 3.63) is 95.6 Å². The smallest absolute Gasteiger partial charge is 0.316 e. The molecule has 0 spiro atoms. The van der Waals surface area contributed by atoms with Gasteiger partial charge in [0.2, 0.25) is 0 Å². The van der Waals surface area contributed by atoms with E-state index in [4.69, 9.17) is 0 Å². The Morgan fingerprint density at radius 1 is 0.759 bits per heavy atom. The van der Waals surface area contributed by atoms with Crippen LogP contribution >= 0.6 is 0 Å². The van der Waals surface area contributed by atoms with E-state index >= 15 is 0 Å². The van der Waals surface area contributed by atoms with Gasteiger partial charge in [-0.2, -0.15) is 0 Å². The molecule has 29 heavy (non-hydrogen) atoms. The Labute approximate surface area is 172 Å². The highest BCUT2D eigenvalue weighted by Gasteiger charge is 2.25. The van der Waals surface area contributed by atoms with Crippen molar-refractivity contribution in [1.82, 2.24) is 0 Å². The third-order valence-electron chi connectivity index (χ3n) is 4.93. The molecule has 2 amide bonds. The average Bonchev–Trinajstić information content (AvgIpc) is 2.78. The van der Waals surface area contributed by atoms with Crippen molar-refractivity contribution in [3.63, 3.8) is 0 Å². The fourth-order valence-electron chi connectivity index (χ4n) is 3.35. The van der Waals surface area contributed by atoms with Gasteiger partial charge in [0.25, 0.3) is 0 Å². The van der Waals surface area contributed by atoms with Gasteiger partial charge in [-0.05, 0) is 41.7 Å². The molecule has 0 aliphatic rings. The summed E-state index contributed by atoms with van der Waals surface area (Å²) < 4.78 is 0. The third kappa shape index (κ3) is 4.91. The minimum Gasteiger partial charge on any atom is -0.317 e. The fraction of sp³-hybridized carbons (Fsp3) is 0.200. The number of rotatable bonds is 6. The number of hydrogen-bond donors (Lipinski definition) is 1. The molecule has 3 aromatic carbocycles. The molecule has 4 heteroatoms. The number of nitrogens with one attached hydrogen (secondary N) is 1. The molecule has 0 aromatic heterocycles. The lowest BCUT2D eigenvalue weighted by molar-refractivity contribution is -0.134. The summed E-state index contributed by atoms with van der Waals surface area (Å²) in [5.74, 6) is -1.20. The molecule has 0 fully saturated rings. The Balaban J connectivity index is 1.89. The highest BCUT2D eigenvalue weighted by atomic mass is 16.2. The molecule has 0 unspecified atom stereocenters. The molecule has 3 aromatic rings. The maximum Gasteiger partial charge on any atom is 0.316 e. The maximum absolute atomic E-state index is 13.2. The summed E-state index contributed by atoms with van der Waals surface area (Å²) in [5.41, 5.74) is 4.46. The van der Waals surface area contributed by atoms with Crippen molar-refractivity contribution in [2.45, 2.75) is 33.2 Å². The zero-order chi connectivity index (χ0) is 20.6. The second-order valence-electron chi connectivity index (χ2n) is 6.82. The minimum absolute atomic E-state index is 0.327. The summed E-state index contributed by atoms with van der Waals surface area (Å²) >= 11 is 0. The van der Waals surface area contributed by atoms with Crippen LogP contribution in [-0.4, -0.2) is 11.8 Å². The maximum atomic E-state index is 13.2. The van der Waals surface area contributed by atoms with Crippen LogP contribution in [0.5, 0.6) is 0 Å². The summed E-state index contributed by atoms with van der Waals surface area (Å²) in [6, 6.07) is 24.9. The van der Waals surface area contributed by atoms with E-state index in [9.17, 15) is 9.59 Å². The van der Waals surface area contributed by atoms with Crippen LogP contribution in [0.1, 0.15) is 30.5 Å². The van der Waals surface area contributed by atoms with Gasteiger partial charge in [0.1, 0.15) is 0 Å². The Hall–Kier alpha value is -3.40. The van der Waals surface area contributed by atoms with E-state index in [2.05, 4.69) is 5.32 Å². The number of carbonyl (C=O) groups excluding carboxylic acids is 2. The molecule has 0 aliphatic carbocycles. The topological polar surface area (TPSA) is 49.4 Å². The number of benzene rings is 3. The lowest BCUT2D eigenvalue weighted by Gasteiger charge is -2.23. The van der Waals surface area contributed by atoms with Crippen LogP contribution in [0, 0.1) is 0 Å². The molecular formula is C25H26N2O2. The van der Waals surface area contributed by atoms with Gasteiger partial charge in [-0.1, -0.05) is 80.6 Å². The van der Waals surface area contributed by atoms with Crippen LogP contribution in [0.4, 0.5) is 11.4 Å². The first kappa shape index (κ1) is 20.3. The molecule has 0 atom stereocenters. The van der Waals surface area contributed by atoms with E-state index in [1.165, 1.54) is 4.90 Å². The Kier molecular flexibility index (Phi) is 6.80. The van der Waals surface area contributed by atoms with Crippen LogP contribution in [0.3, 0.4) is 0 Å². The number of nitrogens with zero attached hydrogens (tertiary/aromatic N) is 1. The molecule has 0 bridgehead atoms. The summed E-state index contributed by atoms with van der Waals surface area (Å²) in [6.45, 7) is 4.41. The Morgan fingerprint density at radius 2 is 1.31 bits per heavy atom. The van der Waals surface area contributed by atoms with Crippen molar-refractivity contribution in [2.75, 3.05) is 10.2 Å². The largest absolute Gasteiger partial charge is 0.317 e. The quantitative estimate of drug-likeness (QED) is 0.607. The van der Waals surface area contributed by atoms with Gasteiger partial charge in [0.15, 0.2) is 0 Å². The van der Waals surface area contributed by atoms with Gasteiger partial charge in [-0.3, -0.25) is 14.5 Å². The molecule has 4 nitrogen and oxygen atoms in total. The SMILES string of the molecule is CCc1cccc(CC)c1NC(=O)C(=O)N(Cc1ccccc1)c1ccccc1. The fourth-order valence-corrected chi connectivity index (χ4v) is 3.35. The Bertz CT molecular complexity index is 946. The second kappa shape index (κ2) is 9.69. The zero-order valence-corrected chi connectivity index (χ0v) is 16.9. The van der Waals surface area contributed by atoms with E-state index in [0.29, 0.717) is 12.2 Å². The minimum atomic E-state index is -0.625. The Morgan fingerprint density at radius 3 is 1.86 bits per heavy atom. The summed E-state index contributed by atoms with van der Waals surface area (Å²) in [5, 5.41) is 2.89. The summed E-state index contributed by atoms with van der Waals surface area (Å²) in [7, 11) is 0. The first-order valence-corrected chi connectivity index (χ1v) is 9.96. The number of para-hydroxylation sites is 2. The van der Waals surface area contributed by atoms with Crippen molar-refractivity contribution in [1.29, 1.82) is 0 Å². The van der Waals surface area contributed by atoms with Gasteiger partial charge in [0.05, 0.1) is 6.54 Å². The molecule has 3 rings (SSSR count). The predicted molar refractivity (Wildman–Crippen MR) is 118 cm³/mol. The molecule has 0 saturated heterocycles. The van der Waals surface area contributed by atoms with E-state index in [0.717, 1.165) is 35.2 Å². The number of amides is 2. The average molecular weight is 386 g/mol. The highest BCUT2D eigenvalue weighted by Crippen LogP contribution is 2.23. The lowest BCUT2D eigenvalue weighted by Crippen LogP contribution is -2.39. The van der Waals surface area contributed by atoms with Crippen molar-refractivity contribution in [3.8, 4) is 0 Å². The van der Waals surface area contributed by atoms with E-state index < -0.39 is 11.8 Å². The monoisotopic (exact) mass is 386 g/mol. The number of anilines is 2. The van der Waals surface area contributed by atoms with Gasteiger partial charge >= 0.3 is 11.8 Å². The predicted octanol–water partition coefficient (Wildman–Crippen LogP) is 4.98.